The number of rotatable bonds is 3. The summed E-state index contributed by atoms with van der Waals surface area (Å²) in [5.74, 6) is 0.756. The van der Waals surface area contributed by atoms with Crippen LogP contribution in [0.2, 0.25) is 10.2 Å². The first-order valence-electron chi connectivity index (χ1n) is 7.58. The average Bonchev–Trinajstić information content (AvgIpc) is 2.63. The minimum Gasteiger partial charge on any atom is -0.495 e. The summed E-state index contributed by atoms with van der Waals surface area (Å²) in [6.45, 7) is 2.72. The normalized spacial score (nSPS) is 14.6. The number of aromatic nitrogens is 1. The molecule has 0 aliphatic carbocycles. The molecule has 1 fully saturated rings. The van der Waals surface area contributed by atoms with Crippen LogP contribution in [0.5, 0.6) is 5.75 Å². The molecular formula is C17H17Cl2N3O2. The third kappa shape index (κ3) is 3.42. The van der Waals surface area contributed by atoms with E-state index in [9.17, 15) is 4.79 Å². The van der Waals surface area contributed by atoms with Crippen LogP contribution in [0.4, 0.5) is 5.69 Å². The van der Waals surface area contributed by atoms with Gasteiger partial charge in [0.2, 0.25) is 0 Å². The Balaban J connectivity index is 1.68. The molecule has 0 radical (unpaired) electrons. The molecule has 2 aromatic rings. The summed E-state index contributed by atoms with van der Waals surface area (Å²) in [7, 11) is 1.66. The van der Waals surface area contributed by atoms with Crippen molar-refractivity contribution < 1.29 is 9.53 Å². The van der Waals surface area contributed by atoms with E-state index in [1.165, 1.54) is 6.20 Å². The number of amides is 1. The zero-order valence-electron chi connectivity index (χ0n) is 13.2. The Morgan fingerprint density at radius 1 is 1.17 bits per heavy atom. The van der Waals surface area contributed by atoms with Gasteiger partial charge in [0, 0.05) is 32.4 Å². The van der Waals surface area contributed by atoms with Gasteiger partial charge in [0.1, 0.15) is 10.9 Å². The second kappa shape index (κ2) is 7.28. The number of carbonyl (C=O) groups excluding carboxylic acids is 1. The van der Waals surface area contributed by atoms with Gasteiger partial charge in [-0.25, -0.2) is 4.98 Å². The first-order valence-corrected chi connectivity index (χ1v) is 8.34. The molecule has 24 heavy (non-hydrogen) atoms. The smallest absolute Gasteiger partial charge is 0.255 e. The summed E-state index contributed by atoms with van der Waals surface area (Å²) < 4.78 is 5.41. The lowest BCUT2D eigenvalue weighted by molar-refractivity contribution is 0.0746. The van der Waals surface area contributed by atoms with E-state index < -0.39 is 0 Å². The molecule has 126 valence electrons. The maximum absolute atomic E-state index is 12.6. The molecule has 1 aliphatic rings. The van der Waals surface area contributed by atoms with Crippen LogP contribution < -0.4 is 9.64 Å². The summed E-state index contributed by atoms with van der Waals surface area (Å²) in [5, 5.41) is 0.490. The highest BCUT2D eigenvalue weighted by Crippen LogP contribution is 2.28. The van der Waals surface area contributed by atoms with Gasteiger partial charge in [-0.3, -0.25) is 4.79 Å². The molecule has 7 heteroatoms. The summed E-state index contributed by atoms with van der Waals surface area (Å²) >= 11 is 11.7. The van der Waals surface area contributed by atoms with Gasteiger partial charge >= 0.3 is 0 Å². The molecule has 1 aromatic heterocycles. The van der Waals surface area contributed by atoms with Gasteiger partial charge < -0.3 is 14.5 Å². The van der Waals surface area contributed by atoms with Crippen LogP contribution in [0.15, 0.2) is 36.5 Å². The topological polar surface area (TPSA) is 45.7 Å². The summed E-state index contributed by atoms with van der Waals surface area (Å²) in [6.07, 6.45) is 1.46. The van der Waals surface area contributed by atoms with Crippen molar-refractivity contribution >= 4 is 34.8 Å². The Bertz CT molecular complexity index is 746. The zero-order chi connectivity index (χ0) is 17.1. The minimum absolute atomic E-state index is 0.0826. The van der Waals surface area contributed by atoms with Gasteiger partial charge in [-0.05, 0) is 18.2 Å². The fraction of sp³-hybridized carbons (Fsp3) is 0.294. The van der Waals surface area contributed by atoms with Gasteiger partial charge in [-0.1, -0.05) is 35.3 Å². The lowest BCUT2D eigenvalue weighted by Crippen LogP contribution is -2.48. The maximum Gasteiger partial charge on any atom is 0.255 e. The number of hydrogen-bond acceptors (Lipinski definition) is 4. The molecule has 0 unspecified atom stereocenters. The highest BCUT2D eigenvalue weighted by molar-refractivity contribution is 6.41. The molecule has 1 saturated heterocycles. The van der Waals surface area contributed by atoms with Crippen molar-refractivity contribution in [1.29, 1.82) is 0 Å². The molecule has 0 spiro atoms. The predicted molar refractivity (Wildman–Crippen MR) is 95.4 cm³/mol. The summed E-state index contributed by atoms with van der Waals surface area (Å²) in [5.41, 5.74) is 1.50. The van der Waals surface area contributed by atoms with Crippen molar-refractivity contribution in [2.24, 2.45) is 0 Å². The lowest BCUT2D eigenvalue weighted by atomic mass is 10.2. The Labute approximate surface area is 150 Å². The number of benzene rings is 1. The van der Waals surface area contributed by atoms with Gasteiger partial charge in [-0.15, -0.1) is 0 Å². The van der Waals surface area contributed by atoms with Crippen molar-refractivity contribution in [2.75, 3.05) is 38.2 Å². The van der Waals surface area contributed by atoms with Gasteiger partial charge in [0.15, 0.2) is 0 Å². The molecule has 3 rings (SSSR count). The van der Waals surface area contributed by atoms with E-state index in [2.05, 4.69) is 9.88 Å². The van der Waals surface area contributed by atoms with Gasteiger partial charge in [0.05, 0.1) is 23.4 Å². The Morgan fingerprint density at radius 3 is 2.54 bits per heavy atom. The number of ether oxygens (including phenoxy) is 1. The third-order valence-corrected chi connectivity index (χ3v) is 4.72. The number of halogens is 2. The minimum atomic E-state index is -0.0826. The van der Waals surface area contributed by atoms with Crippen LogP contribution in [0.25, 0.3) is 0 Å². The third-order valence-electron chi connectivity index (χ3n) is 4.04. The number of pyridine rings is 1. The van der Waals surface area contributed by atoms with E-state index in [4.69, 9.17) is 27.9 Å². The number of para-hydroxylation sites is 2. The molecule has 5 nitrogen and oxygen atoms in total. The van der Waals surface area contributed by atoms with Gasteiger partial charge in [0.25, 0.3) is 5.91 Å². The van der Waals surface area contributed by atoms with Crippen LogP contribution in [0.1, 0.15) is 10.4 Å². The molecule has 1 aromatic carbocycles. The number of nitrogens with zero attached hydrogens (tertiary/aromatic N) is 3. The van der Waals surface area contributed by atoms with Crippen molar-refractivity contribution in [2.45, 2.75) is 0 Å². The van der Waals surface area contributed by atoms with Crippen LogP contribution >= 0.6 is 23.2 Å². The number of methoxy groups -OCH3 is 1. The Morgan fingerprint density at radius 2 is 1.88 bits per heavy atom. The highest BCUT2D eigenvalue weighted by Gasteiger charge is 2.24. The zero-order valence-corrected chi connectivity index (χ0v) is 14.7. The first-order chi connectivity index (χ1) is 11.6. The number of carbonyl (C=O) groups is 1. The summed E-state index contributed by atoms with van der Waals surface area (Å²) in [6, 6.07) is 9.45. The fourth-order valence-corrected chi connectivity index (χ4v) is 3.03. The fourth-order valence-electron chi connectivity index (χ4n) is 2.76. The van der Waals surface area contributed by atoms with Crippen molar-refractivity contribution in [3.63, 3.8) is 0 Å². The molecular weight excluding hydrogens is 349 g/mol. The SMILES string of the molecule is COc1ccccc1N1CCN(C(=O)c2cnc(Cl)c(Cl)c2)CC1. The number of piperazine rings is 1. The van der Waals surface area contributed by atoms with Crippen molar-refractivity contribution in [1.82, 2.24) is 9.88 Å². The standard InChI is InChI=1S/C17H17Cl2N3O2/c1-24-15-5-3-2-4-14(15)21-6-8-22(9-7-21)17(23)12-10-13(18)16(19)20-11-12/h2-5,10-11H,6-9H2,1H3. The van der Waals surface area contributed by atoms with E-state index in [-0.39, 0.29) is 16.1 Å². The monoisotopic (exact) mass is 365 g/mol. The van der Waals surface area contributed by atoms with E-state index in [1.807, 2.05) is 24.3 Å². The van der Waals surface area contributed by atoms with E-state index in [0.29, 0.717) is 18.7 Å². The predicted octanol–water partition coefficient (Wildman–Crippen LogP) is 3.36. The van der Waals surface area contributed by atoms with Gasteiger partial charge in [-0.2, -0.15) is 0 Å². The average molecular weight is 366 g/mol. The second-order valence-corrected chi connectivity index (χ2v) is 6.21. The van der Waals surface area contributed by atoms with E-state index in [0.717, 1.165) is 24.5 Å². The first kappa shape index (κ1) is 16.9. The van der Waals surface area contributed by atoms with Crippen LogP contribution in [-0.2, 0) is 0 Å². The molecule has 1 amide bonds. The van der Waals surface area contributed by atoms with E-state index >= 15 is 0 Å². The molecule has 0 bridgehead atoms. The quantitative estimate of drug-likeness (QED) is 0.782. The van der Waals surface area contributed by atoms with Crippen molar-refractivity contribution in [3.8, 4) is 5.75 Å². The molecule has 0 atom stereocenters. The van der Waals surface area contributed by atoms with E-state index in [1.54, 1.807) is 18.1 Å². The molecule has 0 N–H and O–H groups in total. The highest BCUT2D eigenvalue weighted by atomic mass is 35.5. The lowest BCUT2D eigenvalue weighted by Gasteiger charge is -2.36. The Kier molecular flexibility index (Phi) is 5.11. The number of anilines is 1. The van der Waals surface area contributed by atoms with Crippen LogP contribution in [0, 0.1) is 0 Å². The second-order valence-electron chi connectivity index (χ2n) is 5.45. The van der Waals surface area contributed by atoms with Crippen molar-refractivity contribution in [3.05, 3.63) is 52.3 Å². The maximum atomic E-state index is 12.6. The molecule has 0 saturated carbocycles. The van der Waals surface area contributed by atoms with Crippen LogP contribution in [0.3, 0.4) is 0 Å². The largest absolute Gasteiger partial charge is 0.495 e. The summed E-state index contributed by atoms with van der Waals surface area (Å²) in [4.78, 5) is 20.5. The molecule has 2 heterocycles. The number of hydrogen-bond donors (Lipinski definition) is 0. The Hall–Kier alpha value is -1.98. The van der Waals surface area contributed by atoms with Crippen LogP contribution in [-0.4, -0.2) is 49.1 Å². The molecule has 1 aliphatic heterocycles.